The SMILES string of the molecule is CCOC(=O)CN(Cc1ccc(F)c(C#N)c1)C(C)C. The summed E-state index contributed by atoms with van der Waals surface area (Å²) in [7, 11) is 0. The van der Waals surface area contributed by atoms with Crippen LogP contribution in [0.3, 0.4) is 0 Å². The van der Waals surface area contributed by atoms with Gasteiger partial charge in [-0.05, 0) is 38.5 Å². The number of halogens is 1. The van der Waals surface area contributed by atoms with Gasteiger partial charge in [0.05, 0.1) is 18.7 Å². The highest BCUT2D eigenvalue weighted by Crippen LogP contribution is 2.13. The van der Waals surface area contributed by atoms with Crippen LogP contribution in [-0.4, -0.2) is 30.1 Å². The van der Waals surface area contributed by atoms with E-state index in [1.807, 2.05) is 24.8 Å². The quantitative estimate of drug-likeness (QED) is 0.750. The molecule has 1 aromatic carbocycles. The Balaban J connectivity index is 2.81. The second-order valence-corrected chi connectivity index (χ2v) is 4.73. The van der Waals surface area contributed by atoms with Gasteiger partial charge in [-0.1, -0.05) is 6.07 Å². The Morgan fingerprint density at radius 1 is 1.50 bits per heavy atom. The highest BCUT2D eigenvalue weighted by molar-refractivity contribution is 5.71. The first kappa shape index (κ1) is 16.1. The van der Waals surface area contributed by atoms with Crippen molar-refractivity contribution in [1.82, 2.24) is 4.90 Å². The highest BCUT2D eigenvalue weighted by atomic mass is 19.1. The summed E-state index contributed by atoms with van der Waals surface area (Å²) < 4.78 is 18.2. The van der Waals surface area contributed by atoms with Crippen LogP contribution >= 0.6 is 0 Å². The molecule has 0 atom stereocenters. The van der Waals surface area contributed by atoms with Gasteiger partial charge in [0, 0.05) is 12.6 Å². The fourth-order valence-corrected chi connectivity index (χ4v) is 1.78. The van der Waals surface area contributed by atoms with Crippen molar-refractivity contribution in [1.29, 1.82) is 5.26 Å². The van der Waals surface area contributed by atoms with E-state index in [0.29, 0.717) is 13.2 Å². The third-order valence-electron chi connectivity index (χ3n) is 2.90. The van der Waals surface area contributed by atoms with E-state index in [4.69, 9.17) is 10.00 Å². The van der Waals surface area contributed by atoms with E-state index in [0.717, 1.165) is 5.56 Å². The lowest BCUT2D eigenvalue weighted by Gasteiger charge is -2.25. The Kier molecular flexibility index (Phi) is 6.13. The van der Waals surface area contributed by atoms with Crippen LogP contribution in [0.1, 0.15) is 31.9 Å². The minimum absolute atomic E-state index is 0.0161. The smallest absolute Gasteiger partial charge is 0.320 e. The average molecular weight is 278 g/mol. The summed E-state index contributed by atoms with van der Waals surface area (Å²) in [5, 5.41) is 8.82. The molecule has 108 valence electrons. The van der Waals surface area contributed by atoms with Crippen LogP contribution in [0, 0.1) is 17.1 Å². The molecular formula is C15H19FN2O2. The molecule has 1 rings (SSSR count). The first-order valence-electron chi connectivity index (χ1n) is 6.56. The van der Waals surface area contributed by atoms with Crippen LogP contribution in [0.2, 0.25) is 0 Å². The van der Waals surface area contributed by atoms with Gasteiger partial charge in [0.2, 0.25) is 0 Å². The third kappa shape index (κ3) is 4.63. The molecule has 4 nitrogen and oxygen atoms in total. The zero-order chi connectivity index (χ0) is 15.1. The summed E-state index contributed by atoms with van der Waals surface area (Å²) in [4.78, 5) is 13.5. The zero-order valence-electron chi connectivity index (χ0n) is 12.0. The van der Waals surface area contributed by atoms with Gasteiger partial charge in [-0.2, -0.15) is 5.26 Å². The number of carbonyl (C=O) groups is 1. The van der Waals surface area contributed by atoms with E-state index in [2.05, 4.69) is 0 Å². The summed E-state index contributed by atoms with van der Waals surface area (Å²) >= 11 is 0. The second-order valence-electron chi connectivity index (χ2n) is 4.73. The van der Waals surface area contributed by atoms with Crippen molar-refractivity contribution in [2.75, 3.05) is 13.2 Å². The normalized spacial score (nSPS) is 10.7. The topological polar surface area (TPSA) is 53.3 Å². The lowest BCUT2D eigenvalue weighted by molar-refractivity contribution is -0.145. The molecule has 0 aliphatic heterocycles. The standard InChI is InChI=1S/C15H19FN2O2/c1-4-20-15(19)10-18(11(2)3)9-12-5-6-14(16)13(7-12)8-17/h5-7,11H,4,9-10H2,1-3H3. The molecule has 0 spiro atoms. The summed E-state index contributed by atoms with van der Waals surface area (Å²) in [6, 6.07) is 6.35. The number of hydrogen-bond acceptors (Lipinski definition) is 4. The molecule has 0 fully saturated rings. The van der Waals surface area contributed by atoms with Gasteiger partial charge in [0.1, 0.15) is 11.9 Å². The zero-order valence-corrected chi connectivity index (χ0v) is 12.0. The Labute approximate surface area is 118 Å². The molecule has 0 N–H and O–H groups in total. The van der Waals surface area contributed by atoms with Gasteiger partial charge in [0.25, 0.3) is 0 Å². The molecular weight excluding hydrogens is 259 g/mol. The van der Waals surface area contributed by atoms with E-state index >= 15 is 0 Å². The number of nitriles is 1. The van der Waals surface area contributed by atoms with Crippen molar-refractivity contribution in [3.8, 4) is 6.07 Å². The average Bonchev–Trinajstić information content (AvgIpc) is 2.40. The Hall–Kier alpha value is -1.93. The molecule has 0 heterocycles. The maximum atomic E-state index is 13.3. The number of nitrogens with zero attached hydrogens (tertiary/aromatic N) is 2. The number of rotatable bonds is 6. The molecule has 0 amide bonds. The van der Waals surface area contributed by atoms with Crippen molar-refractivity contribution in [3.63, 3.8) is 0 Å². The fraction of sp³-hybridized carbons (Fsp3) is 0.467. The summed E-state index contributed by atoms with van der Waals surface area (Å²) in [5.74, 6) is -0.818. The van der Waals surface area contributed by atoms with Crippen molar-refractivity contribution >= 4 is 5.97 Å². The van der Waals surface area contributed by atoms with Crippen LogP contribution in [0.4, 0.5) is 4.39 Å². The van der Waals surface area contributed by atoms with Crippen LogP contribution in [0.15, 0.2) is 18.2 Å². The monoisotopic (exact) mass is 278 g/mol. The molecule has 0 saturated heterocycles. The number of benzene rings is 1. The van der Waals surface area contributed by atoms with Crippen LogP contribution in [-0.2, 0) is 16.1 Å². The van der Waals surface area contributed by atoms with E-state index in [9.17, 15) is 9.18 Å². The number of hydrogen-bond donors (Lipinski definition) is 0. The largest absolute Gasteiger partial charge is 0.465 e. The number of esters is 1. The van der Waals surface area contributed by atoms with Gasteiger partial charge in [-0.25, -0.2) is 4.39 Å². The van der Waals surface area contributed by atoms with Crippen molar-refractivity contribution in [2.24, 2.45) is 0 Å². The molecule has 0 radical (unpaired) electrons. The fourth-order valence-electron chi connectivity index (χ4n) is 1.78. The van der Waals surface area contributed by atoms with Gasteiger partial charge < -0.3 is 4.74 Å². The summed E-state index contributed by atoms with van der Waals surface area (Å²) in [5.41, 5.74) is 0.809. The molecule has 0 unspecified atom stereocenters. The lowest BCUT2D eigenvalue weighted by atomic mass is 10.1. The lowest BCUT2D eigenvalue weighted by Crippen LogP contribution is -2.36. The van der Waals surface area contributed by atoms with E-state index in [1.54, 1.807) is 13.0 Å². The maximum Gasteiger partial charge on any atom is 0.320 e. The number of carbonyl (C=O) groups excluding carboxylic acids is 1. The van der Waals surface area contributed by atoms with E-state index in [1.165, 1.54) is 12.1 Å². The minimum atomic E-state index is -0.530. The summed E-state index contributed by atoms with van der Waals surface area (Å²) in [6.45, 7) is 6.68. The van der Waals surface area contributed by atoms with Crippen molar-refractivity contribution in [3.05, 3.63) is 35.1 Å². The molecule has 0 aromatic heterocycles. The third-order valence-corrected chi connectivity index (χ3v) is 2.90. The van der Waals surface area contributed by atoms with Crippen LogP contribution in [0.25, 0.3) is 0 Å². The predicted molar refractivity (Wildman–Crippen MR) is 73.3 cm³/mol. The first-order chi connectivity index (χ1) is 9.47. The van der Waals surface area contributed by atoms with Gasteiger partial charge in [-0.15, -0.1) is 0 Å². The molecule has 0 aliphatic rings. The molecule has 1 aromatic rings. The van der Waals surface area contributed by atoms with Crippen LogP contribution in [0.5, 0.6) is 0 Å². The minimum Gasteiger partial charge on any atom is -0.465 e. The van der Waals surface area contributed by atoms with Crippen molar-refractivity contribution in [2.45, 2.75) is 33.4 Å². The van der Waals surface area contributed by atoms with E-state index in [-0.39, 0.29) is 24.1 Å². The Bertz CT molecular complexity index is 509. The summed E-state index contributed by atoms with van der Waals surface area (Å²) in [6.07, 6.45) is 0. The second kappa shape index (κ2) is 7.61. The van der Waals surface area contributed by atoms with Crippen molar-refractivity contribution < 1.29 is 13.9 Å². The predicted octanol–water partition coefficient (Wildman–Crippen LogP) is 2.47. The van der Waals surface area contributed by atoms with Gasteiger partial charge in [0.15, 0.2) is 0 Å². The molecule has 0 aliphatic carbocycles. The Morgan fingerprint density at radius 3 is 2.75 bits per heavy atom. The van der Waals surface area contributed by atoms with Gasteiger partial charge in [-0.3, -0.25) is 9.69 Å². The maximum absolute atomic E-state index is 13.3. The molecule has 0 bridgehead atoms. The number of ether oxygens (including phenoxy) is 1. The molecule has 5 heteroatoms. The van der Waals surface area contributed by atoms with Crippen LogP contribution < -0.4 is 0 Å². The highest BCUT2D eigenvalue weighted by Gasteiger charge is 2.16. The van der Waals surface area contributed by atoms with Gasteiger partial charge >= 0.3 is 5.97 Å². The first-order valence-corrected chi connectivity index (χ1v) is 6.56. The van der Waals surface area contributed by atoms with E-state index < -0.39 is 5.82 Å². The molecule has 0 saturated carbocycles. The molecule has 20 heavy (non-hydrogen) atoms. The Morgan fingerprint density at radius 2 is 2.20 bits per heavy atom.